The Morgan fingerprint density at radius 3 is 1.64 bits per heavy atom. The van der Waals surface area contributed by atoms with Crippen molar-refractivity contribution in [1.82, 2.24) is 29.3 Å². The summed E-state index contributed by atoms with van der Waals surface area (Å²) in [6.45, 7) is 11.3. The third-order valence-corrected chi connectivity index (χ3v) is 12.4. The average molecular weight is 985 g/mol. The fourth-order valence-electron chi connectivity index (χ4n) is 8.65. The molecule has 8 aromatic rings. The molecule has 0 saturated carbocycles. The number of aromatic amines is 2. The van der Waals surface area contributed by atoms with Gasteiger partial charge in [0.25, 0.3) is 0 Å². The zero-order valence-electron chi connectivity index (χ0n) is 37.4. The predicted octanol–water partition coefficient (Wildman–Crippen LogP) is 8.11. The number of oxazole rings is 2. The van der Waals surface area contributed by atoms with Gasteiger partial charge in [-0.05, 0) is 105 Å². The topological polar surface area (TPSA) is 141 Å². The van der Waals surface area contributed by atoms with Gasteiger partial charge in [0.1, 0.15) is 17.4 Å². The van der Waals surface area contributed by atoms with Crippen molar-refractivity contribution in [2.24, 2.45) is 14.1 Å². The Hall–Kier alpha value is -5.29. The summed E-state index contributed by atoms with van der Waals surface area (Å²) in [5.41, 5.74) is 9.12. The monoisotopic (exact) mass is 983 g/mol. The molecule has 2 aliphatic rings. The van der Waals surface area contributed by atoms with Gasteiger partial charge in [0.2, 0.25) is 0 Å². The number of aryl methyl sites for hydroxylation is 4. The Balaban J connectivity index is 0.000000199. The number of Topliss-reactive ketones (excluding diaryl/α,β-unsaturated/α-hetero) is 1. The minimum absolute atomic E-state index is 0. The molecule has 0 amide bonds. The summed E-state index contributed by atoms with van der Waals surface area (Å²) in [7, 11) is 3.47. The van der Waals surface area contributed by atoms with Crippen molar-refractivity contribution in [2.75, 3.05) is 62.2 Å². The second kappa shape index (κ2) is 22.9. The van der Waals surface area contributed by atoms with Crippen molar-refractivity contribution in [3.8, 4) is 0 Å². The molecule has 0 aliphatic carbocycles. The molecule has 4 aromatic heterocycles. The number of aromatic nitrogens is 4. The van der Waals surface area contributed by atoms with E-state index in [1.807, 2.05) is 48.8 Å². The van der Waals surface area contributed by atoms with Crippen LogP contribution in [0.4, 0.5) is 20.2 Å². The van der Waals surface area contributed by atoms with Crippen LogP contribution in [-0.2, 0) is 50.3 Å². The number of piperazine rings is 2. The van der Waals surface area contributed by atoms with E-state index in [1.54, 1.807) is 48.4 Å². The third kappa shape index (κ3) is 11.4. The molecule has 351 valence electrons. The Morgan fingerprint density at radius 2 is 1.15 bits per heavy atom. The third-order valence-electron chi connectivity index (χ3n) is 12.4. The predicted molar refractivity (Wildman–Crippen MR) is 260 cm³/mol. The Labute approximate surface area is 405 Å². The minimum atomic E-state index is -0.327. The number of fused-ring (bicyclic) bond motifs is 4. The average Bonchev–Trinajstić information content (AvgIpc) is 4.05. The standard InChI is InChI=1S/C24H27FN4O2.C12H12FNO.C12H15N3O2.2ClH.V/c1-16(6-7-17-15-26-20-9-8-18(25)14-19(17)20)28-10-12-29(13-11-28)22-5-3-4-21-23(22)31-24(30)27(21)2;1-8(15)2-3-9-7-14-12-5-4-10(13)6-11(9)12;1-14-9-3-2-4-10(11(9)17-12(14)16)15-7-5-13-6-8-15;;;/h3-5,8-9,14-16,26H,6-7,10-13H2,1-2H3;4-7,14H,2-3H2,1H3;2-4,13H,5-8H2,1H3;2*1H;. The van der Waals surface area contributed by atoms with E-state index in [9.17, 15) is 23.2 Å². The number of benzene rings is 4. The van der Waals surface area contributed by atoms with Gasteiger partial charge in [-0.2, -0.15) is 0 Å². The van der Waals surface area contributed by atoms with Crippen molar-refractivity contribution in [1.29, 1.82) is 0 Å². The van der Waals surface area contributed by atoms with E-state index in [0.29, 0.717) is 30.0 Å². The number of nitrogens with zero attached hydrogens (tertiary/aromatic N) is 5. The molecular formula is C48H56Cl2F2N8O5V. The van der Waals surface area contributed by atoms with Crippen LogP contribution >= 0.6 is 24.8 Å². The van der Waals surface area contributed by atoms with E-state index in [-0.39, 0.29) is 72.3 Å². The van der Waals surface area contributed by atoms with Gasteiger partial charge in [-0.1, -0.05) is 12.1 Å². The van der Waals surface area contributed by atoms with E-state index in [2.05, 4.69) is 36.9 Å². The van der Waals surface area contributed by atoms with E-state index in [0.717, 1.165) is 115 Å². The molecule has 10 rings (SSSR count). The first-order valence-electron chi connectivity index (χ1n) is 21.6. The maximum Gasteiger partial charge on any atom is 0.419 e. The number of hydrogen-bond donors (Lipinski definition) is 3. The van der Waals surface area contributed by atoms with Gasteiger partial charge in [-0.15, -0.1) is 24.8 Å². The quantitative estimate of drug-likeness (QED) is 0.131. The van der Waals surface area contributed by atoms with Crippen molar-refractivity contribution in [3.63, 3.8) is 0 Å². The Bertz CT molecular complexity index is 3000. The SMILES string of the molecule is CC(=O)CCc1c[nH]c2ccc(F)cc12.CC(CCc1c[nH]c2ccc(F)cc12)N1CCN(c2cccc3c2oc(=O)n3C)CC1.Cl.Cl.Cn1c(=O)oc2c(N3CCNCC3)cccc21.[V]. The van der Waals surface area contributed by atoms with Gasteiger partial charge in [-0.25, -0.2) is 18.4 Å². The van der Waals surface area contributed by atoms with Crippen molar-refractivity contribution >= 4 is 86.0 Å². The molecule has 18 heteroatoms. The molecule has 2 fully saturated rings. The number of carbonyl (C=O) groups is 1. The number of anilines is 2. The Morgan fingerprint density at radius 1 is 0.682 bits per heavy atom. The maximum atomic E-state index is 13.6. The molecule has 66 heavy (non-hydrogen) atoms. The van der Waals surface area contributed by atoms with Gasteiger partial charge in [-0.3, -0.25) is 14.0 Å². The molecule has 1 unspecified atom stereocenters. The first-order chi connectivity index (χ1) is 30.4. The zero-order valence-corrected chi connectivity index (χ0v) is 40.5. The molecule has 1 radical (unpaired) electrons. The van der Waals surface area contributed by atoms with Crippen LogP contribution in [0.1, 0.15) is 37.8 Å². The minimum Gasteiger partial charge on any atom is -0.405 e. The van der Waals surface area contributed by atoms with E-state index in [4.69, 9.17) is 8.83 Å². The molecule has 2 aliphatic heterocycles. The van der Waals surface area contributed by atoms with E-state index in [1.165, 1.54) is 23.8 Å². The van der Waals surface area contributed by atoms with Crippen LogP contribution in [0.25, 0.3) is 44.0 Å². The first-order valence-corrected chi connectivity index (χ1v) is 21.6. The van der Waals surface area contributed by atoms with Crippen molar-refractivity contribution in [2.45, 2.75) is 45.6 Å². The summed E-state index contributed by atoms with van der Waals surface area (Å²) < 4.78 is 40.6. The number of rotatable bonds is 9. The van der Waals surface area contributed by atoms with Crippen LogP contribution in [0.3, 0.4) is 0 Å². The Kier molecular flexibility index (Phi) is 18.0. The summed E-state index contributed by atoms with van der Waals surface area (Å²) >= 11 is 0. The number of carbonyl (C=O) groups excluding carboxylic acids is 1. The van der Waals surface area contributed by atoms with Gasteiger partial charge in [0, 0.05) is 132 Å². The van der Waals surface area contributed by atoms with Gasteiger partial charge in [0.05, 0.1) is 22.4 Å². The molecular weight excluding hydrogens is 928 g/mol. The number of hydrogen-bond acceptors (Lipinski definition) is 9. The summed E-state index contributed by atoms with van der Waals surface area (Å²) in [5.74, 6) is -0.914. The molecule has 3 N–H and O–H groups in total. The summed E-state index contributed by atoms with van der Waals surface area (Å²) in [5, 5.41) is 5.16. The molecule has 2 saturated heterocycles. The molecule has 0 spiro atoms. The van der Waals surface area contributed by atoms with E-state index >= 15 is 0 Å². The van der Waals surface area contributed by atoms with Crippen LogP contribution in [-0.4, -0.2) is 88.2 Å². The number of ketones is 1. The smallest absolute Gasteiger partial charge is 0.405 e. The van der Waals surface area contributed by atoms with Gasteiger partial charge >= 0.3 is 11.5 Å². The number of H-pyrrole nitrogens is 2. The molecule has 0 bridgehead atoms. The van der Waals surface area contributed by atoms with Crippen molar-refractivity contribution < 1.29 is 41.0 Å². The van der Waals surface area contributed by atoms with Crippen LogP contribution in [0.2, 0.25) is 0 Å². The molecule has 13 nitrogen and oxygen atoms in total. The largest absolute Gasteiger partial charge is 0.419 e. The zero-order chi connectivity index (χ0) is 44.2. The number of nitrogens with one attached hydrogen (secondary N) is 3. The first kappa shape index (κ1) is 51.7. The van der Waals surface area contributed by atoms with Gasteiger partial charge < -0.3 is 38.7 Å². The fraction of sp³-hybridized carbons (Fsp3) is 0.354. The normalized spacial score (nSPS) is 14.5. The maximum absolute atomic E-state index is 13.6. The van der Waals surface area contributed by atoms with Crippen LogP contribution in [0, 0.1) is 11.6 Å². The summed E-state index contributed by atoms with van der Waals surface area (Å²) in [6, 6.07) is 21.8. The van der Waals surface area contributed by atoms with Crippen LogP contribution < -0.4 is 26.6 Å². The van der Waals surface area contributed by atoms with Crippen molar-refractivity contribution in [3.05, 3.63) is 129 Å². The van der Waals surface area contributed by atoms with E-state index < -0.39 is 0 Å². The number of halogens is 4. The summed E-state index contributed by atoms with van der Waals surface area (Å²) in [6.07, 6.45) is 6.95. The van der Waals surface area contributed by atoms with Crippen LogP contribution in [0.5, 0.6) is 0 Å². The molecule has 4 aromatic carbocycles. The van der Waals surface area contributed by atoms with Crippen LogP contribution in [0.15, 0.2) is 104 Å². The fourth-order valence-corrected chi connectivity index (χ4v) is 8.65. The molecule has 1 atom stereocenters. The second-order valence-corrected chi connectivity index (χ2v) is 16.5. The summed E-state index contributed by atoms with van der Waals surface area (Å²) in [4.78, 5) is 47.7. The molecule has 6 heterocycles. The van der Waals surface area contributed by atoms with Gasteiger partial charge in [0.15, 0.2) is 11.2 Å². The second-order valence-electron chi connectivity index (χ2n) is 16.5. The number of para-hydroxylation sites is 2.